The summed E-state index contributed by atoms with van der Waals surface area (Å²) < 4.78 is 24.3. The normalized spacial score (nSPS) is 22.6. The van der Waals surface area contributed by atoms with Crippen LogP contribution < -0.4 is 0 Å². The number of nitrogens with zero attached hydrogens (tertiary/aromatic N) is 1. The third-order valence-corrected chi connectivity index (χ3v) is 7.22. The molecule has 2 rings (SSSR count). The van der Waals surface area contributed by atoms with Gasteiger partial charge in [-0.3, -0.25) is 9.69 Å². The van der Waals surface area contributed by atoms with Crippen LogP contribution in [0.4, 0.5) is 0 Å². The van der Waals surface area contributed by atoms with Gasteiger partial charge in [0.15, 0.2) is 15.6 Å². The first-order valence-corrected chi connectivity index (χ1v) is 10.4. The number of rotatable bonds is 4. The number of sulfone groups is 1. The Balaban J connectivity index is 2.21. The van der Waals surface area contributed by atoms with Crippen LogP contribution in [0.15, 0.2) is 12.1 Å². The van der Waals surface area contributed by atoms with Gasteiger partial charge in [0.05, 0.1) is 15.3 Å². The summed E-state index contributed by atoms with van der Waals surface area (Å²) in [5, 5.41) is -0.587. The molecule has 2 heterocycles. The van der Waals surface area contributed by atoms with E-state index >= 15 is 0 Å². The van der Waals surface area contributed by atoms with Crippen molar-refractivity contribution < 1.29 is 13.2 Å². The number of hydrogen-bond acceptors (Lipinski definition) is 6. The predicted octanol–water partition coefficient (Wildman–Crippen LogP) is 2.39. The number of ketones is 1. The first-order chi connectivity index (χ1) is 9.30. The SMILES string of the molecule is CC(C(=O)c1ccc(Cl)s1)N1CCSCC1S(C)(=O)=O. The van der Waals surface area contributed by atoms with Gasteiger partial charge in [0.1, 0.15) is 5.37 Å². The average molecular weight is 354 g/mol. The van der Waals surface area contributed by atoms with E-state index in [0.717, 1.165) is 5.75 Å². The Labute approximate surface area is 132 Å². The van der Waals surface area contributed by atoms with Crippen LogP contribution in [0.5, 0.6) is 0 Å². The van der Waals surface area contributed by atoms with Crippen molar-refractivity contribution in [3.05, 3.63) is 21.3 Å². The molecule has 0 bridgehead atoms. The van der Waals surface area contributed by atoms with Crippen molar-refractivity contribution in [3.8, 4) is 0 Å². The van der Waals surface area contributed by atoms with Crippen LogP contribution in [0.2, 0.25) is 4.34 Å². The van der Waals surface area contributed by atoms with Crippen LogP contribution in [0.25, 0.3) is 0 Å². The molecule has 0 aromatic carbocycles. The molecule has 8 heteroatoms. The minimum Gasteiger partial charge on any atom is -0.291 e. The highest BCUT2D eigenvalue weighted by atomic mass is 35.5. The second kappa shape index (κ2) is 6.36. The van der Waals surface area contributed by atoms with E-state index in [1.807, 2.05) is 0 Å². The molecule has 2 unspecified atom stereocenters. The number of hydrogen-bond donors (Lipinski definition) is 0. The van der Waals surface area contributed by atoms with Crippen LogP contribution in [0, 0.1) is 0 Å². The Morgan fingerprint density at radius 3 is 2.75 bits per heavy atom. The topological polar surface area (TPSA) is 54.5 Å². The lowest BCUT2D eigenvalue weighted by molar-refractivity contribution is 0.0837. The van der Waals surface area contributed by atoms with Gasteiger partial charge in [-0.25, -0.2) is 8.42 Å². The average Bonchev–Trinajstić information content (AvgIpc) is 2.83. The third kappa shape index (κ3) is 3.57. The minimum atomic E-state index is -3.20. The summed E-state index contributed by atoms with van der Waals surface area (Å²) in [7, 11) is -3.20. The van der Waals surface area contributed by atoms with Crippen molar-refractivity contribution in [2.75, 3.05) is 24.3 Å². The quantitative estimate of drug-likeness (QED) is 0.778. The summed E-state index contributed by atoms with van der Waals surface area (Å²) in [5.41, 5.74) is 0. The van der Waals surface area contributed by atoms with E-state index in [0.29, 0.717) is 21.5 Å². The molecule has 0 aliphatic carbocycles. The van der Waals surface area contributed by atoms with E-state index in [-0.39, 0.29) is 5.78 Å². The fraction of sp³-hybridized carbons (Fsp3) is 0.583. The number of carbonyl (C=O) groups excluding carboxylic acids is 1. The molecule has 0 saturated carbocycles. The summed E-state index contributed by atoms with van der Waals surface area (Å²) in [5.74, 6) is 1.29. The zero-order valence-electron chi connectivity index (χ0n) is 11.2. The highest BCUT2D eigenvalue weighted by Crippen LogP contribution is 2.27. The Kier molecular flexibility index (Phi) is 5.18. The van der Waals surface area contributed by atoms with E-state index in [4.69, 9.17) is 11.6 Å². The molecule has 0 amide bonds. The zero-order chi connectivity index (χ0) is 14.9. The maximum atomic E-state index is 12.4. The van der Waals surface area contributed by atoms with Gasteiger partial charge in [0.2, 0.25) is 0 Å². The van der Waals surface area contributed by atoms with Gasteiger partial charge in [-0.1, -0.05) is 11.6 Å². The van der Waals surface area contributed by atoms with Crippen molar-refractivity contribution >= 4 is 50.3 Å². The van der Waals surface area contributed by atoms with Crippen molar-refractivity contribution in [3.63, 3.8) is 0 Å². The Morgan fingerprint density at radius 2 is 2.20 bits per heavy atom. The molecular formula is C12H16ClNO3S3. The third-order valence-electron chi connectivity index (χ3n) is 3.31. The predicted molar refractivity (Wildman–Crippen MR) is 85.8 cm³/mol. The molecule has 0 N–H and O–H groups in total. The molecule has 1 aromatic heterocycles. The van der Waals surface area contributed by atoms with Crippen molar-refractivity contribution in [1.29, 1.82) is 0 Å². The molecule has 1 aliphatic rings. The van der Waals surface area contributed by atoms with Crippen LogP contribution in [-0.4, -0.2) is 54.8 Å². The van der Waals surface area contributed by atoms with Gasteiger partial charge in [-0.15, -0.1) is 11.3 Å². The maximum absolute atomic E-state index is 12.4. The van der Waals surface area contributed by atoms with Crippen molar-refractivity contribution in [2.24, 2.45) is 0 Å². The fourth-order valence-corrected chi connectivity index (χ4v) is 6.23. The van der Waals surface area contributed by atoms with Gasteiger partial charge in [-0.2, -0.15) is 11.8 Å². The Morgan fingerprint density at radius 1 is 1.50 bits per heavy atom. The van der Waals surface area contributed by atoms with Gasteiger partial charge in [0, 0.05) is 24.3 Å². The maximum Gasteiger partial charge on any atom is 0.189 e. The van der Waals surface area contributed by atoms with E-state index in [1.165, 1.54) is 17.6 Å². The zero-order valence-corrected chi connectivity index (χ0v) is 14.4. The highest BCUT2D eigenvalue weighted by molar-refractivity contribution is 8.00. The molecule has 0 spiro atoms. The van der Waals surface area contributed by atoms with Crippen LogP contribution in [-0.2, 0) is 9.84 Å². The van der Waals surface area contributed by atoms with Gasteiger partial charge < -0.3 is 0 Å². The second-order valence-corrected chi connectivity index (χ2v) is 9.81. The summed E-state index contributed by atoms with van der Waals surface area (Å²) in [6.07, 6.45) is 1.23. The lowest BCUT2D eigenvalue weighted by Gasteiger charge is -2.37. The molecule has 4 nitrogen and oxygen atoms in total. The first-order valence-electron chi connectivity index (χ1n) is 6.12. The lowest BCUT2D eigenvalue weighted by Crippen LogP contribution is -2.53. The summed E-state index contributed by atoms with van der Waals surface area (Å²) in [6.45, 7) is 2.37. The van der Waals surface area contributed by atoms with Crippen LogP contribution >= 0.6 is 34.7 Å². The van der Waals surface area contributed by atoms with E-state index in [9.17, 15) is 13.2 Å². The number of halogens is 1. The molecule has 1 aliphatic heterocycles. The molecule has 2 atom stereocenters. The Hall–Kier alpha value is -0.0800. The van der Waals surface area contributed by atoms with Crippen LogP contribution in [0.3, 0.4) is 0 Å². The second-order valence-electron chi connectivity index (χ2n) is 4.74. The summed E-state index contributed by atoms with van der Waals surface area (Å²) in [6, 6.07) is 2.93. The number of thioether (sulfide) groups is 1. The smallest absolute Gasteiger partial charge is 0.189 e. The van der Waals surface area contributed by atoms with Gasteiger partial charge >= 0.3 is 0 Å². The van der Waals surface area contributed by atoms with Gasteiger partial charge in [0.25, 0.3) is 0 Å². The molecule has 0 radical (unpaired) electrons. The molecular weight excluding hydrogens is 338 g/mol. The molecule has 20 heavy (non-hydrogen) atoms. The number of carbonyl (C=O) groups is 1. The Bertz CT molecular complexity index is 599. The van der Waals surface area contributed by atoms with Crippen molar-refractivity contribution in [1.82, 2.24) is 4.90 Å². The first kappa shape index (κ1) is 16.3. The molecule has 1 aromatic rings. The summed E-state index contributed by atoms with van der Waals surface area (Å²) in [4.78, 5) is 14.8. The highest BCUT2D eigenvalue weighted by Gasteiger charge is 2.36. The van der Waals surface area contributed by atoms with E-state index in [2.05, 4.69) is 0 Å². The molecule has 1 saturated heterocycles. The van der Waals surface area contributed by atoms with Crippen LogP contribution in [0.1, 0.15) is 16.6 Å². The fourth-order valence-electron chi connectivity index (χ4n) is 2.21. The van der Waals surface area contributed by atoms with Crippen molar-refractivity contribution in [2.45, 2.75) is 18.3 Å². The largest absolute Gasteiger partial charge is 0.291 e. The van der Waals surface area contributed by atoms with E-state index in [1.54, 1.807) is 35.7 Å². The number of Topliss-reactive ketones (excluding diaryl/α,β-unsaturated/α-hetero) is 1. The molecule has 112 valence electrons. The standard InChI is InChI=1S/C12H16ClNO3S3/c1-8(12(15)9-3-4-10(13)19-9)14-5-6-18-7-11(14)20(2,16)17/h3-4,8,11H,5-7H2,1-2H3. The minimum absolute atomic E-state index is 0.0672. The lowest BCUT2D eigenvalue weighted by atomic mass is 10.1. The molecule has 1 fully saturated rings. The monoisotopic (exact) mass is 353 g/mol. The number of thiophene rings is 1. The van der Waals surface area contributed by atoms with E-state index < -0.39 is 21.3 Å². The summed E-state index contributed by atoms with van der Waals surface area (Å²) >= 11 is 8.69. The van der Waals surface area contributed by atoms with Gasteiger partial charge in [-0.05, 0) is 19.1 Å².